The van der Waals surface area contributed by atoms with Gasteiger partial charge in [0.05, 0.1) is 0 Å². The number of rotatable bonds is 5. The fourth-order valence-corrected chi connectivity index (χ4v) is 3.04. The lowest BCUT2D eigenvalue weighted by Gasteiger charge is -2.20. The molecule has 1 aliphatic rings. The minimum Gasteiger partial charge on any atom is -0.312 e. The molecule has 2 rings (SSSR count). The fraction of sp³-hybridized carbons (Fsp3) is 0.684. The first kappa shape index (κ1) is 16.5. The molecule has 0 amide bonds. The summed E-state index contributed by atoms with van der Waals surface area (Å²) in [5, 5.41) is 3.63. The molecule has 0 aliphatic carbocycles. The Labute approximate surface area is 130 Å². The smallest absolute Gasteiger partial charge is 0.0205 e. The highest BCUT2D eigenvalue weighted by Gasteiger charge is 2.23. The van der Waals surface area contributed by atoms with Crippen LogP contribution < -0.4 is 5.32 Å². The highest BCUT2D eigenvalue weighted by Crippen LogP contribution is 2.22. The second kappa shape index (κ2) is 6.93. The van der Waals surface area contributed by atoms with Crippen molar-refractivity contribution in [3.05, 3.63) is 35.4 Å². The van der Waals surface area contributed by atoms with Gasteiger partial charge in [0, 0.05) is 19.1 Å². The van der Waals surface area contributed by atoms with Crippen LogP contribution in [0, 0.1) is 5.92 Å². The molecule has 21 heavy (non-hydrogen) atoms. The Morgan fingerprint density at radius 1 is 1.19 bits per heavy atom. The van der Waals surface area contributed by atoms with Crippen molar-refractivity contribution in [2.24, 2.45) is 5.92 Å². The third-order valence-electron chi connectivity index (χ3n) is 4.63. The van der Waals surface area contributed by atoms with Crippen molar-refractivity contribution in [1.82, 2.24) is 10.2 Å². The molecule has 1 atom stereocenters. The normalized spacial score (nSPS) is 20.4. The zero-order valence-electron chi connectivity index (χ0n) is 14.4. The summed E-state index contributed by atoms with van der Waals surface area (Å²) < 4.78 is 0. The Balaban J connectivity index is 1.74. The van der Waals surface area contributed by atoms with Crippen LogP contribution in [0.2, 0.25) is 0 Å². The quantitative estimate of drug-likeness (QED) is 0.886. The van der Waals surface area contributed by atoms with Gasteiger partial charge in [0.15, 0.2) is 0 Å². The van der Waals surface area contributed by atoms with Crippen molar-refractivity contribution in [3.63, 3.8) is 0 Å². The third-order valence-corrected chi connectivity index (χ3v) is 4.63. The van der Waals surface area contributed by atoms with Crippen LogP contribution in [0.15, 0.2) is 24.3 Å². The van der Waals surface area contributed by atoms with Crippen LogP contribution >= 0.6 is 0 Å². The molecule has 2 heteroatoms. The highest BCUT2D eigenvalue weighted by molar-refractivity contribution is 5.27. The maximum atomic E-state index is 3.63. The first-order chi connectivity index (χ1) is 9.86. The van der Waals surface area contributed by atoms with E-state index < -0.39 is 0 Å². The van der Waals surface area contributed by atoms with E-state index in [4.69, 9.17) is 0 Å². The Hall–Kier alpha value is -0.860. The predicted molar refractivity (Wildman–Crippen MR) is 91.7 cm³/mol. The van der Waals surface area contributed by atoms with Gasteiger partial charge < -0.3 is 10.2 Å². The van der Waals surface area contributed by atoms with E-state index in [0.717, 1.165) is 19.0 Å². The summed E-state index contributed by atoms with van der Waals surface area (Å²) in [6, 6.07) is 9.77. The standard InChI is InChI=1S/C19H32N2/c1-15(2)21-11-10-17(14-21)13-20-12-16-6-8-18(9-7-16)19(3,4)5/h6-9,15,17,20H,10-14H2,1-5H3. The van der Waals surface area contributed by atoms with Crippen molar-refractivity contribution < 1.29 is 0 Å². The Morgan fingerprint density at radius 2 is 1.86 bits per heavy atom. The molecule has 1 N–H and O–H groups in total. The van der Waals surface area contributed by atoms with Gasteiger partial charge >= 0.3 is 0 Å². The third kappa shape index (κ3) is 4.82. The number of nitrogens with one attached hydrogen (secondary N) is 1. The number of hydrogen-bond donors (Lipinski definition) is 1. The maximum absolute atomic E-state index is 3.63. The largest absolute Gasteiger partial charge is 0.312 e. The van der Waals surface area contributed by atoms with Gasteiger partial charge in [-0.05, 0) is 55.8 Å². The van der Waals surface area contributed by atoms with Gasteiger partial charge in [-0.25, -0.2) is 0 Å². The number of nitrogens with zero attached hydrogens (tertiary/aromatic N) is 1. The minimum absolute atomic E-state index is 0.246. The second-order valence-electron chi connectivity index (χ2n) is 7.82. The molecule has 2 nitrogen and oxygen atoms in total. The van der Waals surface area contributed by atoms with Crippen molar-refractivity contribution in [2.45, 2.75) is 59.0 Å². The van der Waals surface area contributed by atoms with E-state index in [9.17, 15) is 0 Å². The summed E-state index contributed by atoms with van der Waals surface area (Å²) in [4.78, 5) is 2.59. The van der Waals surface area contributed by atoms with Gasteiger partial charge in [-0.2, -0.15) is 0 Å². The summed E-state index contributed by atoms with van der Waals surface area (Å²) in [6.45, 7) is 16.0. The van der Waals surface area contributed by atoms with Crippen LogP contribution in [0.25, 0.3) is 0 Å². The summed E-state index contributed by atoms with van der Waals surface area (Å²) in [6.07, 6.45) is 1.34. The molecular formula is C19H32N2. The summed E-state index contributed by atoms with van der Waals surface area (Å²) in [5.74, 6) is 0.821. The molecule has 0 radical (unpaired) electrons. The van der Waals surface area contributed by atoms with E-state index in [0.29, 0.717) is 6.04 Å². The molecule has 1 aromatic rings. The predicted octanol–water partition coefficient (Wildman–Crippen LogP) is 3.80. The van der Waals surface area contributed by atoms with E-state index in [1.807, 2.05) is 0 Å². The molecule has 0 spiro atoms. The van der Waals surface area contributed by atoms with Crippen LogP contribution in [0.5, 0.6) is 0 Å². The van der Waals surface area contributed by atoms with Gasteiger partial charge in [0.1, 0.15) is 0 Å². The molecule has 0 bridgehead atoms. The van der Waals surface area contributed by atoms with Crippen molar-refractivity contribution in [1.29, 1.82) is 0 Å². The van der Waals surface area contributed by atoms with E-state index in [-0.39, 0.29) is 5.41 Å². The zero-order valence-corrected chi connectivity index (χ0v) is 14.4. The number of likely N-dealkylation sites (tertiary alicyclic amines) is 1. The van der Waals surface area contributed by atoms with E-state index >= 15 is 0 Å². The molecule has 0 aromatic heterocycles. The summed E-state index contributed by atoms with van der Waals surface area (Å²) >= 11 is 0. The lowest BCUT2D eigenvalue weighted by atomic mass is 9.87. The van der Waals surface area contributed by atoms with Crippen molar-refractivity contribution >= 4 is 0 Å². The van der Waals surface area contributed by atoms with Crippen LogP contribution in [0.4, 0.5) is 0 Å². The van der Waals surface area contributed by atoms with Gasteiger partial charge in [-0.3, -0.25) is 0 Å². The van der Waals surface area contributed by atoms with Crippen LogP contribution in [-0.4, -0.2) is 30.6 Å². The van der Waals surface area contributed by atoms with E-state index in [1.165, 1.54) is 30.6 Å². The average Bonchev–Trinajstić information content (AvgIpc) is 2.87. The lowest BCUT2D eigenvalue weighted by Crippen LogP contribution is -2.30. The lowest BCUT2D eigenvalue weighted by molar-refractivity contribution is 0.264. The van der Waals surface area contributed by atoms with Crippen LogP contribution in [-0.2, 0) is 12.0 Å². The SMILES string of the molecule is CC(C)N1CCC(CNCc2ccc(C(C)(C)C)cc2)C1. The Bertz CT molecular complexity index is 428. The van der Waals surface area contributed by atoms with Gasteiger partial charge in [0.2, 0.25) is 0 Å². The van der Waals surface area contributed by atoms with E-state index in [2.05, 4.69) is 69.1 Å². The monoisotopic (exact) mass is 288 g/mol. The minimum atomic E-state index is 0.246. The average molecular weight is 288 g/mol. The molecule has 0 saturated carbocycles. The molecular weight excluding hydrogens is 256 g/mol. The molecule has 1 saturated heterocycles. The summed E-state index contributed by atoms with van der Waals surface area (Å²) in [7, 11) is 0. The Morgan fingerprint density at radius 3 is 2.38 bits per heavy atom. The number of benzene rings is 1. The Kier molecular flexibility index (Phi) is 5.45. The number of hydrogen-bond acceptors (Lipinski definition) is 2. The molecule has 118 valence electrons. The maximum Gasteiger partial charge on any atom is 0.0205 e. The van der Waals surface area contributed by atoms with Gasteiger partial charge in [0.25, 0.3) is 0 Å². The first-order valence-electron chi connectivity index (χ1n) is 8.40. The zero-order chi connectivity index (χ0) is 15.5. The fourth-order valence-electron chi connectivity index (χ4n) is 3.04. The van der Waals surface area contributed by atoms with Crippen molar-refractivity contribution in [2.75, 3.05) is 19.6 Å². The molecule has 1 unspecified atom stereocenters. The van der Waals surface area contributed by atoms with Gasteiger partial charge in [-0.1, -0.05) is 45.0 Å². The second-order valence-corrected chi connectivity index (χ2v) is 7.82. The molecule has 1 fully saturated rings. The summed E-state index contributed by atoms with van der Waals surface area (Å²) in [5.41, 5.74) is 3.05. The van der Waals surface area contributed by atoms with Crippen LogP contribution in [0.3, 0.4) is 0 Å². The topological polar surface area (TPSA) is 15.3 Å². The first-order valence-corrected chi connectivity index (χ1v) is 8.40. The molecule has 1 aromatic carbocycles. The molecule has 1 aliphatic heterocycles. The van der Waals surface area contributed by atoms with Gasteiger partial charge in [-0.15, -0.1) is 0 Å². The van der Waals surface area contributed by atoms with Crippen LogP contribution in [0.1, 0.15) is 52.2 Å². The van der Waals surface area contributed by atoms with Crippen molar-refractivity contribution in [3.8, 4) is 0 Å². The molecule has 1 heterocycles. The van der Waals surface area contributed by atoms with E-state index in [1.54, 1.807) is 0 Å². The highest BCUT2D eigenvalue weighted by atomic mass is 15.2.